The lowest BCUT2D eigenvalue weighted by molar-refractivity contribution is 0.0943. The van der Waals surface area contributed by atoms with Crippen molar-refractivity contribution < 1.29 is 4.79 Å². The monoisotopic (exact) mass is 286 g/mol. The summed E-state index contributed by atoms with van der Waals surface area (Å²) in [5, 5.41) is 3.08. The third-order valence-electron chi connectivity index (χ3n) is 3.80. The first-order chi connectivity index (χ1) is 9.66. The second-order valence-corrected chi connectivity index (χ2v) is 6.28. The van der Waals surface area contributed by atoms with E-state index in [-0.39, 0.29) is 5.91 Å². The van der Waals surface area contributed by atoms with Gasteiger partial charge in [0.05, 0.1) is 0 Å². The first-order valence-corrected chi connectivity index (χ1v) is 7.77. The van der Waals surface area contributed by atoms with Gasteiger partial charge >= 0.3 is 0 Å². The second-order valence-electron chi connectivity index (χ2n) is 5.21. The van der Waals surface area contributed by atoms with E-state index in [4.69, 9.17) is 0 Å². The molecule has 1 aromatic carbocycles. The number of carbonyl (C=O) groups is 1. The number of hydrogen-bond acceptors (Lipinski definition) is 2. The van der Waals surface area contributed by atoms with Gasteiger partial charge in [0.25, 0.3) is 5.91 Å². The molecule has 1 amide bonds. The van der Waals surface area contributed by atoms with E-state index in [2.05, 4.69) is 29.6 Å². The minimum absolute atomic E-state index is 0.0179. The molecule has 1 aliphatic rings. The SMILES string of the molecule is Cc1ccn(C)c1C(=O)NCC1CSc2ccccc21. The summed E-state index contributed by atoms with van der Waals surface area (Å²) >= 11 is 1.87. The van der Waals surface area contributed by atoms with Crippen LogP contribution in [0.15, 0.2) is 41.4 Å². The zero-order chi connectivity index (χ0) is 14.1. The first kappa shape index (κ1) is 13.3. The van der Waals surface area contributed by atoms with E-state index in [1.807, 2.05) is 42.6 Å². The van der Waals surface area contributed by atoms with Gasteiger partial charge in [0.15, 0.2) is 0 Å². The maximum Gasteiger partial charge on any atom is 0.268 e. The number of benzene rings is 1. The smallest absolute Gasteiger partial charge is 0.268 e. The lowest BCUT2D eigenvalue weighted by Gasteiger charge is -2.13. The van der Waals surface area contributed by atoms with Crippen molar-refractivity contribution in [3.63, 3.8) is 0 Å². The standard InChI is InChI=1S/C16H18N2OS/c1-11-7-8-18(2)15(11)16(19)17-9-12-10-20-14-6-4-3-5-13(12)14/h3-8,12H,9-10H2,1-2H3,(H,17,19). The molecule has 1 unspecified atom stereocenters. The van der Waals surface area contributed by atoms with Crippen LogP contribution in [0, 0.1) is 6.92 Å². The molecule has 1 aliphatic heterocycles. The largest absolute Gasteiger partial charge is 0.350 e. The summed E-state index contributed by atoms with van der Waals surface area (Å²) in [5.41, 5.74) is 3.14. The Balaban J connectivity index is 1.68. The molecule has 1 aromatic heterocycles. The molecule has 3 nitrogen and oxygen atoms in total. The zero-order valence-corrected chi connectivity index (χ0v) is 12.5. The summed E-state index contributed by atoms with van der Waals surface area (Å²) in [6, 6.07) is 10.4. The van der Waals surface area contributed by atoms with Gasteiger partial charge in [0.2, 0.25) is 0 Å². The Morgan fingerprint density at radius 2 is 2.20 bits per heavy atom. The van der Waals surface area contributed by atoms with Crippen LogP contribution < -0.4 is 5.32 Å². The van der Waals surface area contributed by atoms with Crippen LogP contribution in [0.25, 0.3) is 0 Å². The Hall–Kier alpha value is -1.68. The van der Waals surface area contributed by atoms with Gasteiger partial charge in [0.1, 0.15) is 5.69 Å². The number of amides is 1. The molecule has 4 heteroatoms. The molecule has 0 fully saturated rings. The molecule has 1 atom stereocenters. The average molecular weight is 286 g/mol. The van der Waals surface area contributed by atoms with Gasteiger partial charge in [0, 0.05) is 36.4 Å². The van der Waals surface area contributed by atoms with E-state index in [9.17, 15) is 4.79 Å². The lowest BCUT2D eigenvalue weighted by atomic mass is 10.0. The van der Waals surface area contributed by atoms with Gasteiger partial charge in [-0.2, -0.15) is 0 Å². The van der Waals surface area contributed by atoms with Crippen molar-refractivity contribution in [3.05, 3.63) is 53.3 Å². The highest BCUT2D eigenvalue weighted by atomic mass is 32.2. The predicted molar refractivity (Wildman–Crippen MR) is 82.4 cm³/mol. The fourth-order valence-corrected chi connectivity index (χ4v) is 3.95. The molecule has 20 heavy (non-hydrogen) atoms. The molecule has 2 heterocycles. The van der Waals surface area contributed by atoms with Crippen LogP contribution in [0.4, 0.5) is 0 Å². The number of fused-ring (bicyclic) bond motifs is 1. The molecule has 1 N–H and O–H groups in total. The molecular weight excluding hydrogens is 268 g/mol. The summed E-state index contributed by atoms with van der Waals surface area (Å²) in [4.78, 5) is 13.6. The van der Waals surface area contributed by atoms with Crippen LogP contribution in [-0.4, -0.2) is 22.8 Å². The molecule has 0 spiro atoms. The number of hydrogen-bond donors (Lipinski definition) is 1. The maximum atomic E-state index is 12.3. The van der Waals surface area contributed by atoms with E-state index >= 15 is 0 Å². The normalized spacial score (nSPS) is 17.0. The molecular formula is C16H18N2OS. The van der Waals surface area contributed by atoms with Crippen LogP contribution in [-0.2, 0) is 7.05 Å². The molecule has 2 aromatic rings. The van der Waals surface area contributed by atoms with E-state index in [1.54, 1.807) is 0 Å². The van der Waals surface area contributed by atoms with Gasteiger partial charge in [-0.3, -0.25) is 4.79 Å². The fourth-order valence-electron chi connectivity index (χ4n) is 2.69. The number of carbonyl (C=O) groups excluding carboxylic acids is 1. The van der Waals surface area contributed by atoms with Crippen molar-refractivity contribution in [2.75, 3.05) is 12.3 Å². The average Bonchev–Trinajstić information content (AvgIpc) is 3.00. The highest BCUT2D eigenvalue weighted by molar-refractivity contribution is 7.99. The van der Waals surface area contributed by atoms with Crippen molar-refractivity contribution in [1.82, 2.24) is 9.88 Å². The van der Waals surface area contributed by atoms with Gasteiger partial charge in [-0.1, -0.05) is 18.2 Å². The third-order valence-corrected chi connectivity index (χ3v) is 5.05. The molecule has 104 valence electrons. The minimum Gasteiger partial charge on any atom is -0.350 e. The Labute approximate surface area is 123 Å². The van der Waals surface area contributed by atoms with Crippen LogP contribution in [0.5, 0.6) is 0 Å². The molecule has 0 saturated heterocycles. The topological polar surface area (TPSA) is 34.0 Å². The summed E-state index contributed by atoms with van der Waals surface area (Å²) < 4.78 is 1.88. The summed E-state index contributed by atoms with van der Waals surface area (Å²) in [5.74, 6) is 1.48. The lowest BCUT2D eigenvalue weighted by Crippen LogP contribution is -2.30. The predicted octanol–water partition coefficient (Wildman–Crippen LogP) is 2.95. The third kappa shape index (κ3) is 2.36. The van der Waals surface area contributed by atoms with Crippen LogP contribution in [0.2, 0.25) is 0 Å². The van der Waals surface area contributed by atoms with E-state index in [0.29, 0.717) is 12.5 Å². The minimum atomic E-state index is 0.0179. The summed E-state index contributed by atoms with van der Waals surface area (Å²) in [6.07, 6.45) is 1.92. The van der Waals surface area contributed by atoms with Crippen LogP contribution in [0.3, 0.4) is 0 Å². The Bertz CT molecular complexity index is 628. The van der Waals surface area contributed by atoms with Gasteiger partial charge in [-0.25, -0.2) is 0 Å². The van der Waals surface area contributed by atoms with Crippen molar-refractivity contribution in [2.24, 2.45) is 7.05 Å². The van der Waals surface area contributed by atoms with Gasteiger partial charge in [-0.15, -0.1) is 11.8 Å². The molecule has 0 bridgehead atoms. The van der Waals surface area contributed by atoms with Crippen LogP contribution >= 0.6 is 11.8 Å². The quantitative estimate of drug-likeness (QED) is 0.941. The second kappa shape index (κ2) is 5.37. The molecule has 3 rings (SSSR count). The number of nitrogens with zero attached hydrogens (tertiary/aromatic N) is 1. The number of rotatable bonds is 3. The number of nitrogens with one attached hydrogen (secondary N) is 1. The van der Waals surface area contributed by atoms with E-state index < -0.39 is 0 Å². The molecule has 0 saturated carbocycles. The van der Waals surface area contributed by atoms with Crippen LogP contribution in [0.1, 0.15) is 27.5 Å². The Morgan fingerprint density at radius 1 is 1.40 bits per heavy atom. The van der Waals surface area contributed by atoms with E-state index in [0.717, 1.165) is 17.0 Å². The Kier molecular flexibility index (Phi) is 3.57. The first-order valence-electron chi connectivity index (χ1n) is 6.78. The fraction of sp³-hybridized carbons (Fsp3) is 0.312. The number of aromatic nitrogens is 1. The summed E-state index contributed by atoms with van der Waals surface area (Å²) in [6.45, 7) is 2.67. The highest BCUT2D eigenvalue weighted by Gasteiger charge is 2.23. The van der Waals surface area contributed by atoms with E-state index in [1.165, 1.54) is 10.5 Å². The van der Waals surface area contributed by atoms with Crippen molar-refractivity contribution >= 4 is 17.7 Å². The zero-order valence-electron chi connectivity index (χ0n) is 11.7. The molecule has 0 radical (unpaired) electrons. The van der Waals surface area contributed by atoms with Gasteiger partial charge in [-0.05, 0) is 30.2 Å². The van der Waals surface area contributed by atoms with Crippen molar-refractivity contribution in [3.8, 4) is 0 Å². The Morgan fingerprint density at radius 3 is 2.95 bits per heavy atom. The number of thioether (sulfide) groups is 1. The van der Waals surface area contributed by atoms with Crippen molar-refractivity contribution in [2.45, 2.75) is 17.7 Å². The molecule has 0 aliphatic carbocycles. The number of aryl methyl sites for hydroxylation is 2. The summed E-state index contributed by atoms with van der Waals surface area (Å²) in [7, 11) is 1.91. The highest BCUT2D eigenvalue weighted by Crippen LogP contribution is 2.38. The maximum absolute atomic E-state index is 12.3. The van der Waals surface area contributed by atoms with Gasteiger partial charge < -0.3 is 9.88 Å². The van der Waals surface area contributed by atoms with Crippen molar-refractivity contribution in [1.29, 1.82) is 0 Å².